The third-order valence-electron chi connectivity index (χ3n) is 4.75. The lowest BCUT2D eigenvalue weighted by Gasteiger charge is -2.32. The van der Waals surface area contributed by atoms with Crippen molar-refractivity contribution in [3.05, 3.63) is 59.2 Å². The van der Waals surface area contributed by atoms with Crippen molar-refractivity contribution in [2.45, 2.75) is 19.9 Å². The molecule has 0 aliphatic carbocycles. The van der Waals surface area contributed by atoms with Crippen molar-refractivity contribution in [1.29, 1.82) is 0 Å². The van der Waals surface area contributed by atoms with Gasteiger partial charge in [0.2, 0.25) is 0 Å². The molecule has 3 rings (SSSR count). The van der Waals surface area contributed by atoms with Crippen molar-refractivity contribution in [1.82, 2.24) is 4.90 Å². The van der Waals surface area contributed by atoms with Crippen molar-refractivity contribution in [2.75, 3.05) is 37.4 Å². The van der Waals surface area contributed by atoms with E-state index in [0.29, 0.717) is 17.3 Å². The normalized spacial score (nSPS) is 15.2. The highest BCUT2D eigenvalue weighted by Gasteiger charge is 2.18. The number of aryl methyl sites for hydroxylation is 1. The fourth-order valence-electron chi connectivity index (χ4n) is 3.10. The van der Waals surface area contributed by atoms with E-state index in [-0.39, 0.29) is 30.7 Å². The molecule has 1 atom stereocenters. The van der Waals surface area contributed by atoms with Crippen molar-refractivity contribution >= 4 is 42.1 Å². The highest BCUT2D eigenvalue weighted by atomic mass is 35.5. The van der Waals surface area contributed by atoms with E-state index >= 15 is 0 Å². The molecule has 0 spiro atoms. The van der Waals surface area contributed by atoms with Crippen LogP contribution in [-0.4, -0.2) is 37.1 Å². The maximum atomic E-state index is 12.5. The van der Waals surface area contributed by atoms with Gasteiger partial charge in [0.15, 0.2) is 0 Å². The van der Waals surface area contributed by atoms with Gasteiger partial charge < -0.3 is 15.8 Å². The number of benzene rings is 2. The Morgan fingerprint density at radius 2 is 1.74 bits per heavy atom. The Morgan fingerprint density at radius 1 is 1.11 bits per heavy atom. The van der Waals surface area contributed by atoms with E-state index in [2.05, 4.69) is 29.3 Å². The number of nitrogens with zero attached hydrogens (tertiary/aromatic N) is 1. The number of hydrogen-bond acceptors (Lipinski definition) is 4. The van der Waals surface area contributed by atoms with Gasteiger partial charge >= 0.3 is 0 Å². The Morgan fingerprint density at radius 3 is 2.37 bits per heavy atom. The molecule has 7 heteroatoms. The number of rotatable bonds is 4. The van der Waals surface area contributed by atoms with Gasteiger partial charge in [-0.1, -0.05) is 18.2 Å². The van der Waals surface area contributed by atoms with E-state index in [1.807, 2.05) is 25.1 Å². The molecule has 0 radical (unpaired) electrons. The Labute approximate surface area is 173 Å². The maximum absolute atomic E-state index is 12.5. The van der Waals surface area contributed by atoms with Gasteiger partial charge in [0.25, 0.3) is 5.91 Å². The lowest BCUT2D eigenvalue weighted by atomic mass is 10.1. The van der Waals surface area contributed by atoms with Gasteiger partial charge in [0, 0.05) is 36.1 Å². The first-order chi connectivity index (χ1) is 12.0. The summed E-state index contributed by atoms with van der Waals surface area (Å²) in [5.41, 5.74) is 9.91. The molecule has 1 fully saturated rings. The van der Waals surface area contributed by atoms with Crippen LogP contribution in [0.1, 0.15) is 34.5 Å². The van der Waals surface area contributed by atoms with Crippen LogP contribution in [0.25, 0.3) is 0 Å². The molecule has 1 aliphatic rings. The Hall–Kier alpha value is -1.79. The van der Waals surface area contributed by atoms with E-state index < -0.39 is 0 Å². The van der Waals surface area contributed by atoms with Crippen LogP contribution in [-0.2, 0) is 4.74 Å². The zero-order valence-corrected chi connectivity index (χ0v) is 17.2. The lowest BCUT2D eigenvalue weighted by molar-refractivity contribution is 0.0198. The number of carbonyl (C=O) groups excluding carboxylic acids is 1. The Balaban J connectivity index is 0.00000182. The van der Waals surface area contributed by atoms with Crippen LogP contribution in [0.5, 0.6) is 0 Å². The minimum Gasteiger partial charge on any atom is -0.399 e. The number of nitrogens with one attached hydrogen (secondary N) is 1. The van der Waals surface area contributed by atoms with Gasteiger partial charge in [0.05, 0.1) is 13.2 Å². The summed E-state index contributed by atoms with van der Waals surface area (Å²) in [6, 6.07) is 13.7. The number of nitrogens with two attached hydrogens (primary N) is 1. The molecule has 1 unspecified atom stereocenters. The molecule has 1 saturated heterocycles. The van der Waals surface area contributed by atoms with Crippen molar-refractivity contribution in [3.63, 3.8) is 0 Å². The smallest absolute Gasteiger partial charge is 0.256 e. The quantitative estimate of drug-likeness (QED) is 0.743. The second kappa shape index (κ2) is 10.5. The molecular formula is C20H27Cl2N3O2. The van der Waals surface area contributed by atoms with E-state index in [0.717, 1.165) is 37.6 Å². The summed E-state index contributed by atoms with van der Waals surface area (Å²) >= 11 is 0. The van der Waals surface area contributed by atoms with Crippen molar-refractivity contribution < 1.29 is 9.53 Å². The topological polar surface area (TPSA) is 67.6 Å². The molecule has 1 heterocycles. The van der Waals surface area contributed by atoms with Gasteiger partial charge in [-0.25, -0.2) is 0 Å². The number of halogens is 2. The van der Waals surface area contributed by atoms with Gasteiger partial charge in [-0.15, -0.1) is 24.8 Å². The second-order valence-electron chi connectivity index (χ2n) is 6.47. The van der Waals surface area contributed by atoms with E-state index in [1.54, 1.807) is 12.1 Å². The molecule has 1 amide bonds. The van der Waals surface area contributed by atoms with E-state index in [9.17, 15) is 4.79 Å². The molecule has 0 bridgehead atoms. The van der Waals surface area contributed by atoms with E-state index in [4.69, 9.17) is 10.5 Å². The number of carbonyl (C=O) groups is 1. The molecular weight excluding hydrogens is 385 g/mol. The summed E-state index contributed by atoms with van der Waals surface area (Å²) in [7, 11) is 0. The van der Waals surface area contributed by atoms with Crippen LogP contribution < -0.4 is 11.1 Å². The standard InChI is InChI=1S/C20H25N3O2.2ClH/c1-14-3-6-17(21)13-19(14)20(24)22-18-7-4-16(5-8-18)15(2)23-9-11-25-12-10-23;;/h3-8,13,15H,9-12,21H2,1-2H3,(H,22,24);2*1H. The predicted molar refractivity (Wildman–Crippen MR) is 115 cm³/mol. The van der Waals surface area contributed by atoms with Crippen LogP contribution in [0, 0.1) is 6.92 Å². The number of amides is 1. The molecule has 27 heavy (non-hydrogen) atoms. The molecule has 1 aliphatic heterocycles. The minimum atomic E-state index is -0.140. The molecule has 5 nitrogen and oxygen atoms in total. The maximum Gasteiger partial charge on any atom is 0.256 e. The first-order valence-electron chi connectivity index (χ1n) is 8.64. The van der Waals surface area contributed by atoms with Gasteiger partial charge in [-0.05, 0) is 49.2 Å². The average Bonchev–Trinajstić information content (AvgIpc) is 2.64. The summed E-state index contributed by atoms with van der Waals surface area (Å²) in [6.07, 6.45) is 0. The van der Waals surface area contributed by atoms with Crippen LogP contribution in [0.2, 0.25) is 0 Å². The highest BCUT2D eigenvalue weighted by molar-refractivity contribution is 6.05. The summed E-state index contributed by atoms with van der Waals surface area (Å²) in [5.74, 6) is -0.140. The first-order valence-corrected chi connectivity index (χ1v) is 8.64. The van der Waals surface area contributed by atoms with Gasteiger partial charge in [0.1, 0.15) is 0 Å². The van der Waals surface area contributed by atoms with Crippen molar-refractivity contribution in [2.24, 2.45) is 0 Å². The van der Waals surface area contributed by atoms with Crippen LogP contribution in [0.4, 0.5) is 11.4 Å². The number of hydrogen-bond donors (Lipinski definition) is 2. The van der Waals surface area contributed by atoms with E-state index in [1.165, 1.54) is 5.56 Å². The molecule has 0 saturated carbocycles. The lowest BCUT2D eigenvalue weighted by Crippen LogP contribution is -2.37. The SMILES string of the molecule is Cc1ccc(N)cc1C(=O)Nc1ccc(C(C)N2CCOCC2)cc1.Cl.Cl. The zero-order chi connectivity index (χ0) is 17.8. The molecule has 3 N–H and O–H groups in total. The van der Waals surface area contributed by atoms with Crippen LogP contribution in [0.3, 0.4) is 0 Å². The monoisotopic (exact) mass is 411 g/mol. The van der Waals surface area contributed by atoms with Crippen molar-refractivity contribution in [3.8, 4) is 0 Å². The summed E-state index contributed by atoms with van der Waals surface area (Å²) in [5, 5.41) is 2.94. The Kier molecular flexibility index (Phi) is 9.06. The average molecular weight is 412 g/mol. The number of ether oxygens (including phenoxy) is 1. The number of anilines is 2. The third-order valence-corrected chi connectivity index (χ3v) is 4.75. The predicted octanol–water partition coefficient (Wildman–Crippen LogP) is 4.07. The molecule has 148 valence electrons. The minimum absolute atomic E-state index is 0. The second-order valence-corrected chi connectivity index (χ2v) is 6.47. The zero-order valence-electron chi connectivity index (χ0n) is 15.6. The largest absolute Gasteiger partial charge is 0.399 e. The number of morpholine rings is 1. The first kappa shape index (κ1) is 23.2. The molecule has 2 aromatic rings. The summed E-state index contributed by atoms with van der Waals surface area (Å²) in [6.45, 7) is 7.59. The number of nitrogen functional groups attached to an aromatic ring is 1. The fourth-order valence-corrected chi connectivity index (χ4v) is 3.10. The molecule has 2 aromatic carbocycles. The molecule has 0 aromatic heterocycles. The Bertz CT molecular complexity index is 747. The van der Waals surface area contributed by atoms with Gasteiger partial charge in [-0.3, -0.25) is 9.69 Å². The highest BCUT2D eigenvalue weighted by Crippen LogP contribution is 2.23. The summed E-state index contributed by atoms with van der Waals surface area (Å²) < 4.78 is 5.41. The third kappa shape index (κ3) is 5.84. The van der Waals surface area contributed by atoms with Gasteiger partial charge in [-0.2, -0.15) is 0 Å². The fraction of sp³-hybridized carbons (Fsp3) is 0.350. The van der Waals surface area contributed by atoms with Crippen LogP contribution in [0.15, 0.2) is 42.5 Å². The summed E-state index contributed by atoms with van der Waals surface area (Å²) in [4.78, 5) is 14.9. The van der Waals surface area contributed by atoms with Crippen LogP contribution >= 0.6 is 24.8 Å².